The van der Waals surface area contributed by atoms with E-state index in [0.29, 0.717) is 12.0 Å². The van der Waals surface area contributed by atoms with E-state index in [1.54, 1.807) is 0 Å². The summed E-state index contributed by atoms with van der Waals surface area (Å²) >= 11 is 0. The first kappa shape index (κ1) is 13.3. The zero-order valence-electron chi connectivity index (χ0n) is 11.5. The van der Waals surface area contributed by atoms with Crippen molar-refractivity contribution in [3.05, 3.63) is 35.9 Å². The van der Waals surface area contributed by atoms with Gasteiger partial charge in [0.15, 0.2) is 5.78 Å². The number of hydrogen-bond donors (Lipinski definition) is 0. The molecule has 2 heteroatoms. The first-order valence-electron chi connectivity index (χ1n) is 6.87. The number of likely N-dealkylation sites (tertiary alicyclic amines) is 1. The Morgan fingerprint density at radius 1 is 1.17 bits per heavy atom. The SMILES string of the molecule is CC1(C)CCCN(CC(=O)c2ccccc2)CC1. The molecule has 1 aliphatic heterocycles. The van der Waals surface area contributed by atoms with Crippen LogP contribution in [0.15, 0.2) is 30.3 Å². The minimum absolute atomic E-state index is 0.246. The third-order valence-electron chi connectivity index (χ3n) is 3.90. The molecule has 0 spiro atoms. The highest BCUT2D eigenvalue weighted by molar-refractivity contribution is 5.97. The quantitative estimate of drug-likeness (QED) is 0.761. The minimum Gasteiger partial charge on any atom is -0.296 e. The molecule has 1 aromatic rings. The van der Waals surface area contributed by atoms with Crippen molar-refractivity contribution in [3.63, 3.8) is 0 Å². The van der Waals surface area contributed by atoms with Crippen molar-refractivity contribution in [3.8, 4) is 0 Å². The van der Waals surface area contributed by atoms with Gasteiger partial charge in [0, 0.05) is 5.56 Å². The number of benzene rings is 1. The Bertz CT molecular complexity index is 397. The molecule has 0 unspecified atom stereocenters. The van der Waals surface area contributed by atoms with Crippen LogP contribution in [0.2, 0.25) is 0 Å². The first-order valence-corrected chi connectivity index (χ1v) is 6.87. The van der Waals surface area contributed by atoms with E-state index in [0.717, 1.165) is 18.7 Å². The Kier molecular flexibility index (Phi) is 4.18. The molecule has 0 aliphatic carbocycles. The first-order chi connectivity index (χ1) is 8.57. The topological polar surface area (TPSA) is 20.3 Å². The average Bonchev–Trinajstić information content (AvgIpc) is 2.52. The number of rotatable bonds is 3. The summed E-state index contributed by atoms with van der Waals surface area (Å²) < 4.78 is 0. The van der Waals surface area contributed by atoms with Gasteiger partial charge < -0.3 is 0 Å². The molecule has 0 aromatic heterocycles. The normalized spacial score (nSPS) is 20.3. The average molecular weight is 245 g/mol. The Hall–Kier alpha value is -1.15. The van der Waals surface area contributed by atoms with Crippen molar-refractivity contribution in [2.75, 3.05) is 19.6 Å². The monoisotopic (exact) mass is 245 g/mol. The van der Waals surface area contributed by atoms with Crippen molar-refractivity contribution in [1.82, 2.24) is 4.90 Å². The number of nitrogens with zero attached hydrogens (tertiary/aromatic N) is 1. The van der Waals surface area contributed by atoms with E-state index in [2.05, 4.69) is 18.7 Å². The zero-order valence-corrected chi connectivity index (χ0v) is 11.5. The standard InChI is InChI=1S/C16H23NO/c1-16(2)9-6-11-17(12-10-16)13-15(18)14-7-4-3-5-8-14/h3-5,7-8H,6,9-13H2,1-2H3. The van der Waals surface area contributed by atoms with Gasteiger partial charge in [0.25, 0.3) is 0 Å². The van der Waals surface area contributed by atoms with Crippen LogP contribution in [0.25, 0.3) is 0 Å². The molecule has 0 radical (unpaired) electrons. The fraction of sp³-hybridized carbons (Fsp3) is 0.562. The highest BCUT2D eigenvalue weighted by atomic mass is 16.1. The van der Waals surface area contributed by atoms with Crippen LogP contribution in [-0.4, -0.2) is 30.3 Å². The maximum absolute atomic E-state index is 12.1. The van der Waals surface area contributed by atoms with Gasteiger partial charge in [-0.05, 0) is 37.8 Å². The second kappa shape index (κ2) is 5.66. The van der Waals surface area contributed by atoms with E-state index in [1.165, 1.54) is 19.3 Å². The van der Waals surface area contributed by atoms with Gasteiger partial charge in [0.1, 0.15) is 0 Å². The number of carbonyl (C=O) groups is 1. The number of ketones is 1. The largest absolute Gasteiger partial charge is 0.296 e. The van der Waals surface area contributed by atoms with Crippen LogP contribution in [0.5, 0.6) is 0 Å². The van der Waals surface area contributed by atoms with Gasteiger partial charge in [-0.25, -0.2) is 0 Å². The lowest BCUT2D eigenvalue weighted by Crippen LogP contribution is -2.31. The summed E-state index contributed by atoms with van der Waals surface area (Å²) in [6.07, 6.45) is 3.66. The van der Waals surface area contributed by atoms with Crippen LogP contribution in [0.4, 0.5) is 0 Å². The van der Waals surface area contributed by atoms with Gasteiger partial charge in [-0.2, -0.15) is 0 Å². The Morgan fingerprint density at radius 3 is 2.61 bits per heavy atom. The summed E-state index contributed by atoms with van der Waals surface area (Å²) in [5.41, 5.74) is 1.27. The van der Waals surface area contributed by atoms with Crippen molar-refractivity contribution in [2.24, 2.45) is 5.41 Å². The molecule has 0 saturated carbocycles. The Balaban J connectivity index is 1.92. The molecule has 0 bridgehead atoms. The molecule has 0 N–H and O–H groups in total. The van der Waals surface area contributed by atoms with Crippen LogP contribution in [-0.2, 0) is 0 Å². The summed E-state index contributed by atoms with van der Waals surface area (Å²) in [6, 6.07) is 9.62. The van der Waals surface area contributed by atoms with E-state index in [9.17, 15) is 4.79 Å². The van der Waals surface area contributed by atoms with Crippen LogP contribution >= 0.6 is 0 Å². The summed E-state index contributed by atoms with van der Waals surface area (Å²) in [5.74, 6) is 0.246. The predicted octanol–water partition coefficient (Wildman–Crippen LogP) is 3.38. The molecule has 1 aliphatic rings. The summed E-state index contributed by atoms with van der Waals surface area (Å²) in [4.78, 5) is 14.5. The summed E-state index contributed by atoms with van der Waals surface area (Å²) in [5, 5.41) is 0. The van der Waals surface area contributed by atoms with Gasteiger partial charge >= 0.3 is 0 Å². The highest BCUT2D eigenvalue weighted by Crippen LogP contribution is 2.29. The van der Waals surface area contributed by atoms with E-state index in [-0.39, 0.29) is 5.78 Å². The van der Waals surface area contributed by atoms with Crippen LogP contribution < -0.4 is 0 Å². The summed E-state index contributed by atoms with van der Waals surface area (Å²) in [6.45, 7) is 7.33. The fourth-order valence-corrected chi connectivity index (χ4v) is 2.56. The molecule has 2 rings (SSSR count). The van der Waals surface area contributed by atoms with E-state index in [1.807, 2.05) is 30.3 Å². The van der Waals surface area contributed by atoms with E-state index >= 15 is 0 Å². The lowest BCUT2D eigenvalue weighted by molar-refractivity contribution is 0.0930. The van der Waals surface area contributed by atoms with E-state index < -0.39 is 0 Å². The number of carbonyl (C=O) groups excluding carboxylic acids is 1. The van der Waals surface area contributed by atoms with Crippen LogP contribution in [0.1, 0.15) is 43.5 Å². The lowest BCUT2D eigenvalue weighted by Gasteiger charge is -2.22. The van der Waals surface area contributed by atoms with Gasteiger partial charge in [0.2, 0.25) is 0 Å². The Morgan fingerprint density at radius 2 is 1.89 bits per heavy atom. The second-order valence-corrected chi connectivity index (χ2v) is 6.08. The van der Waals surface area contributed by atoms with E-state index in [4.69, 9.17) is 0 Å². The minimum atomic E-state index is 0.246. The predicted molar refractivity (Wildman–Crippen MR) is 74.8 cm³/mol. The molecule has 1 fully saturated rings. The van der Waals surface area contributed by atoms with Crippen molar-refractivity contribution < 1.29 is 4.79 Å². The lowest BCUT2D eigenvalue weighted by atomic mass is 9.85. The zero-order chi connectivity index (χ0) is 13.0. The molecule has 2 nitrogen and oxygen atoms in total. The Labute approximate surface area is 110 Å². The van der Waals surface area contributed by atoms with Gasteiger partial charge in [-0.3, -0.25) is 9.69 Å². The maximum Gasteiger partial charge on any atom is 0.176 e. The second-order valence-electron chi connectivity index (χ2n) is 6.08. The maximum atomic E-state index is 12.1. The third kappa shape index (κ3) is 3.67. The van der Waals surface area contributed by atoms with Crippen LogP contribution in [0.3, 0.4) is 0 Å². The van der Waals surface area contributed by atoms with Crippen molar-refractivity contribution in [1.29, 1.82) is 0 Å². The van der Waals surface area contributed by atoms with Crippen molar-refractivity contribution in [2.45, 2.75) is 33.1 Å². The van der Waals surface area contributed by atoms with Gasteiger partial charge in [-0.1, -0.05) is 44.2 Å². The summed E-state index contributed by atoms with van der Waals surface area (Å²) in [7, 11) is 0. The molecule has 98 valence electrons. The molecule has 0 amide bonds. The molecule has 1 aromatic carbocycles. The molecule has 0 atom stereocenters. The van der Waals surface area contributed by atoms with Crippen LogP contribution in [0, 0.1) is 5.41 Å². The van der Waals surface area contributed by atoms with Gasteiger partial charge in [-0.15, -0.1) is 0 Å². The number of hydrogen-bond acceptors (Lipinski definition) is 2. The highest BCUT2D eigenvalue weighted by Gasteiger charge is 2.24. The molecule has 1 heterocycles. The number of Topliss-reactive ketones (excluding diaryl/α,β-unsaturated/α-hetero) is 1. The third-order valence-corrected chi connectivity index (χ3v) is 3.90. The molecule has 1 saturated heterocycles. The molecule has 18 heavy (non-hydrogen) atoms. The molecular formula is C16H23NO. The fourth-order valence-electron chi connectivity index (χ4n) is 2.56. The van der Waals surface area contributed by atoms with Gasteiger partial charge in [0.05, 0.1) is 6.54 Å². The smallest absolute Gasteiger partial charge is 0.176 e. The molecular weight excluding hydrogens is 222 g/mol. The van der Waals surface area contributed by atoms with Crippen molar-refractivity contribution >= 4 is 5.78 Å².